The minimum Gasteiger partial charge on any atom is -0.398 e. The fraction of sp³-hybridized carbons (Fsp3) is 0.500. The zero-order chi connectivity index (χ0) is 11.8. The van der Waals surface area contributed by atoms with Crippen molar-refractivity contribution in [2.24, 2.45) is 0 Å². The number of hydrogen-bond donors (Lipinski definition) is 1. The number of nitrogens with two attached hydrogens (primary N) is 1. The molecule has 1 aliphatic rings. The molecular formula is C12H17NO2S. The van der Waals surface area contributed by atoms with Gasteiger partial charge in [0.2, 0.25) is 0 Å². The van der Waals surface area contributed by atoms with E-state index in [9.17, 15) is 8.42 Å². The number of nitrogen functional groups attached to an aromatic ring is 1. The molecule has 1 aliphatic carbocycles. The molecule has 0 unspecified atom stereocenters. The molecule has 1 aromatic carbocycles. The van der Waals surface area contributed by atoms with E-state index in [0.717, 1.165) is 18.4 Å². The van der Waals surface area contributed by atoms with Crippen molar-refractivity contribution in [3.05, 3.63) is 29.8 Å². The molecule has 0 aliphatic heterocycles. The molecule has 3 nitrogen and oxygen atoms in total. The highest BCUT2D eigenvalue weighted by Crippen LogP contribution is 2.46. The number of benzene rings is 1. The largest absolute Gasteiger partial charge is 0.398 e. The smallest absolute Gasteiger partial charge is 0.157 e. The van der Waals surface area contributed by atoms with Crippen LogP contribution in [0.5, 0.6) is 0 Å². The van der Waals surface area contributed by atoms with Gasteiger partial charge in [-0.3, -0.25) is 0 Å². The minimum atomic E-state index is -3.12. The molecule has 0 amide bonds. The molecule has 2 N–H and O–H groups in total. The van der Waals surface area contributed by atoms with Crippen LogP contribution in [0.4, 0.5) is 5.69 Å². The van der Waals surface area contributed by atoms with Crippen molar-refractivity contribution in [3.63, 3.8) is 0 Å². The van der Waals surface area contributed by atoms with E-state index < -0.39 is 14.6 Å². The monoisotopic (exact) mass is 239 g/mol. The Balaban J connectivity index is 2.62. The second-order valence-corrected chi connectivity index (χ2v) is 6.89. The van der Waals surface area contributed by atoms with Crippen LogP contribution in [0.2, 0.25) is 0 Å². The van der Waals surface area contributed by atoms with Gasteiger partial charge in [-0.2, -0.15) is 0 Å². The predicted octanol–water partition coefficient (Wildman–Crippen LogP) is 2.08. The maximum Gasteiger partial charge on any atom is 0.157 e. The van der Waals surface area contributed by atoms with Crippen molar-refractivity contribution in [3.8, 4) is 0 Å². The minimum absolute atomic E-state index is 0.592. The van der Waals surface area contributed by atoms with Crippen molar-refractivity contribution in [2.45, 2.75) is 30.4 Å². The van der Waals surface area contributed by atoms with E-state index >= 15 is 0 Å². The normalized spacial score (nSPS) is 19.8. The summed E-state index contributed by atoms with van der Waals surface area (Å²) in [4.78, 5) is 0. The van der Waals surface area contributed by atoms with Gasteiger partial charge < -0.3 is 5.73 Å². The van der Waals surface area contributed by atoms with E-state index in [0.29, 0.717) is 18.5 Å². The van der Waals surface area contributed by atoms with Crippen molar-refractivity contribution < 1.29 is 8.42 Å². The standard InChI is InChI=1S/C12H17NO2S/c1-16(14,15)12(8-4-5-9-12)10-6-2-3-7-11(10)13/h2-3,6-7H,4-5,8-9,13H2,1H3. The van der Waals surface area contributed by atoms with E-state index in [1.54, 1.807) is 6.07 Å². The van der Waals surface area contributed by atoms with Gasteiger partial charge in [0.15, 0.2) is 9.84 Å². The number of rotatable bonds is 2. The summed E-state index contributed by atoms with van der Waals surface area (Å²) in [5.41, 5.74) is 7.30. The molecule has 1 saturated carbocycles. The van der Waals surface area contributed by atoms with Gasteiger partial charge in [-0.05, 0) is 24.5 Å². The number of anilines is 1. The van der Waals surface area contributed by atoms with Crippen LogP contribution >= 0.6 is 0 Å². The Morgan fingerprint density at radius 1 is 1.19 bits per heavy atom. The summed E-state index contributed by atoms with van der Waals surface area (Å²) in [5, 5.41) is 0. The van der Waals surface area contributed by atoms with Gasteiger partial charge in [-0.15, -0.1) is 0 Å². The van der Waals surface area contributed by atoms with Crippen molar-refractivity contribution in [2.75, 3.05) is 12.0 Å². The maximum absolute atomic E-state index is 12.1. The summed E-state index contributed by atoms with van der Waals surface area (Å²) in [6.07, 6.45) is 4.63. The molecule has 0 radical (unpaired) electrons. The predicted molar refractivity (Wildman–Crippen MR) is 65.8 cm³/mol. The highest BCUT2D eigenvalue weighted by molar-refractivity contribution is 7.91. The lowest BCUT2D eigenvalue weighted by atomic mass is 9.95. The number of hydrogen-bond acceptors (Lipinski definition) is 3. The first kappa shape index (κ1) is 11.5. The van der Waals surface area contributed by atoms with Crippen molar-refractivity contribution in [1.29, 1.82) is 0 Å². The quantitative estimate of drug-likeness (QED) is 0.804. The first-order chi connectivity index (χ1) is 7.47. The molecule has 0 aromatic heterocycles. The fourth-order valence-corrected chi connectivity index (χ4v) is 4.31. The molecule has 1 aromatic rings. The van der Waals surface area contributed by atoms with E-state index in [4.69, 9.17) is 5.73 Å². The second-order valence-electron chi connectivity index (χ2n) is 4.56. The Bertz CT molecular complexity index is 487. The van der Waals surface area contributed by atoms with Gasteiger partial charge in [0.1, 0.15) is 0 Å². The molecule has 4 heteroatoms. The van der Waals surface area contributed by atoms with Crippen LogP contribution in [-0.2, 0) is 14.6 Å². The molecule has 0 saturated heterocycles. The molecule has 0 heterocycles. The average Bonchev–Trinajstić information content (AvgIpc) is 2.67. The van der Waals surface area contributed by atoms with Crippen LogP contribution in [0.15, 0.2) is 24.3 Å². The molecule has 2 rings (SSSR count). The number of para-hydroxylation sites is 1. The lowest BCUT2D eigenvalue weighted by Gasteiger charge is -2.28. The van der Waals surface area contributed by atoms with Crippen LogP contribution in [0, 0.1) is 0 Å². The lowest BCUT2D eigenvalue weighted by molar-refractivity contribution is 0.530. The zero-order valence-electron chi connectivity index (χ0n) is 9.44. The molecule has 0 spiro atoms. The number of sulfone groups is 1. The maximum atomic E-state index is 12.1. The van der Waals surface area contributed by atoms with Crippen LogP contribution in [0.1, 0.15) is 31.2 Å². The van der Waals surface area contributed by atoms with Crippen LogP contribution < -0.4 is 5.73 Å². The SMILES string of the molecule is CS(=O)(=O)C1(c2ccccc2N)CCCC1. The highest BCUT2D eigenvalue weighted by atomic mass is 32.2. The van der Waals surface area contributed by atoms with E-state index in [2.05, 4.69) is 0 Å². The Labute approximate surface area is 96.6 Å². The molecule has 16 heavy (non-hydrogen) atoms. The topological polar surface area (TPSA) is 60.2 Å². The molecule has 88 valence electrons. The van der Waals surface area contributed by atoms with Gasteiger partial charge in [0, 0.05) is 11.9 Å². The second kappa shape index (κ2) is 3.77. The summed E-state index contributed by atoms with van der Waals surface area (Å²) >= 11 is 0. The van der Waals surface area contributed by atoms with Crippen molar-refractivity contribution >= 4 is 15.5 Å². The highest BCUT2D eigenvalue weighted by Gasteiger charge is 2.45. The Morgan fingerprint density at radius 3 is 2.25 bits per heavy atom. The van der Waals surface area contributed by atoms with Crippen molar-refractivity contribution in [1.82, 2.24) is 0 Å². The third-order valence-electron chi connectivity index (χ3n) is 3.57. The Morgan fingerprint density at radius 2 is 1.75 bits per heavy atom. The summed E-state index contributed by atoms with van der Waals surface area (Å²) in [5.74, 6) is 0. The van der Waals surface area contributed by atoms with Gasteiger partial charge in [0.05, 0.1) is 4.75 Å². The van der Waals surface area contributed by atoms with Crippen LogP contribution in [-0.4, -0.2) is 14.7 Å². The van der Waals surface area contributed by atoms with E-state index in [1.165, 1.54) is 6.26 Å². The molecule has 1 fully saturated rings. The Kier molecular flexibility index (Phi) is 2.70. The summed E-state index contributed by atoms with van der Waals surface area (Å²) in [6, 6.07) is 7.32. The van der Waals surface area contributed by atoms with Crippen LogP contribution in [0.25, 0.3) is 0 Å². The summed E-state index contributed by atoms with van der Waals surface area (Å²) in [6.45, 7) is 0. The van der Waals surface area contributed by atoms with E-state index in [-0.39, 0.29) is 0 Å². The Hall–Kier alpha value is -1.03. The van der Waals surface area contributed by atoms with Gasteiger partial charge in [0.25, 0.3) is 0 Å². The van der Waals surface area contributed by atoms with Gasteiger partial charge in [-0.1, -0.05) is 31.0 Å². The molecule has 0 bridgehead atoms. The molecular weight excluding hydrogens is 222 g/mol. The summed E-state index contributed by atoms with van der Waals surface area (Å²) < 4.78 is 23.4. The van der Waals surface area contributed by atoms with Gasteiger partial charge in [-0.25, -0.2) is 8.42 Å². The lowest BCUT2D eigenvalue weighted by Crippen LogP contribution is -2.32. The molecule has 0 atom stereocenters. The summed E-state index contributed by atoms with van der Waals surface area (Å²) in [7, 11) is -3.12. The van der Waals surface area contributed by atoms with E-state index in [1.807, 2.05) is 18.2 Å². The fourth-order valence-electron chi connectivity index (χ4n) is 2.70. The van der Waals surface area contributed by atoms with Crippen LogP contribution in [0.3, 0.4) is 0 Å². The first-order valence-corrected chi connectivity index (χ1v) is 7.41. The third kappa shape index (κ3) is 1.61. The third-order valence-corrected chi connectivity index (χ3v) is 5.62. The zero-order valence-corrected chi connectivity index (χ0v) is 10.3. The average molecular weight is 239 g/mol. The van der Waals surface area contributed by atoms with Gasteiger partial charge >= 0.3 is 0 Å². The first-order valence-electron chi connectivity index (χ1n) is 5.52.